The number of ether oxygens (including phenoxy) is 1. The Balaban J connectivity index is 2.54. The van der Waals surface area contributed by atoms with E-state index in [1.165, 1.54) is 0 Å². The second kappa shape index (κ2) is 5.85. The lowest BCUT2D eigenvalue weighted by molar-refractivity contribution is -0.150. The summed E-state index contributed by atoms with van der Waals surface area (Å²) in [5.74, 6) is -0.618. The molecule has 0 radical (unpaired) electrons. The highest BCUT2D eigenvalue weighted by Gasteiger charge is 2.39. The van der Waals surface area contributed by atoms with Gasteiger partial charge in [-0.05, 0) is 26.2 Å². The molecule has 0 aromatic rings. The van der Waals surface area contributed by atoms with Crippen molar-refractivity contribution in [2.24, 2.45) is 11.8 Å². The number of rotatable bonds is 5. The van der Waals surface area contributed by atoms with E-state index >= 15 is 0 Å². The van der Waals surface area contributed by atoms with Crippen LogP contribution in [0.4, 0.5) is 0 Å². The van der Waals surface area contributed by atoms with Crippen molar-refractivity contribution in [2.75, 3.05) is 13.2 Å². The van der Waals surface area contributed by atoms with Gasteiger partial charge >= 0.3 is 5.97 Å². The summed E-state index contributed by atoms with van der Waals surface area (Å²) in [7, 11) is 0. The number of esters is 1. The van der Waals surface area contributed by atoms with Crippen molar-refractivity contribution in [3.05, 3.63) is 0 Å². The van der Waals surface area contributed by atoms with Crippen LogP contribution in [-0.4, -0.2) is 30.1 Å². The summed E-state index contributed by atoms with van der Waals surface area (Å²) in [6, 6.07) is 0. The zero-order chi connectivity index (χ0) is 11.3. The van der Waals surface area contributed by atoms with Crippen LogP contribution in [0.1, 0.15) is 32.6 Å². The standard InChI is InChI=1S/C11H18O4/c1-2-15-11(14)9-5-6-10(13)8(9)4-3-7-12/h8-9,12H,2-7H2,1H3. The number of aliphatic hydroxyl groups excluding tert-OH is 1. The molecule has 0 heterocycles. The first-order chi connectivity index (χ1) is 7.20. The molecule has 15 heavy (non-hydrogen) atoms. The molecule has 0 bridgehead atoms. The SMILES string of the molecule is CCOC(=O)C1CCC(=O)C1CCCO. The van der Waals surface area contributed by atoms with E-state index in [0.717, 1.165) is 0 Å². The average molecular weight is 214 g/mol. The number of carbonyl (C=O) groups is 2. The Bertz CT molecular complexity index is 237. The van der Waals surface area contributed by atoms with Crippen molar-refractivity contribution < 1.29 is 19.4 Å². The van der Waals surface area contributed by atoms with Crippen molar-refractivity contribution in [1.29, 1.82) is 0 Å². The summed E-state index contributed by atoms with van der Waals surface area (Å²) in [5.41, 5.74) is 0. The first-order valence-corrected chi connectivity index (χ1v) is 5.51. The Kier molecular flexibility index (Phi) is 4.75. The number of ketones is 1. The minimum absolute atomic E-state index is 0.0688. The fraction of sp³-hybridized carbons (Fsp3) is 0.818. The molecule has 0 spiro atoms. The van der Waals surface area contributed by atoms with Crippen LogP contribution in [0.25, 0.3) is 0 Å². The van der Waals surface area contributed by atoms with E-state index in [0.29, 0.717) is 32.3 Å². The third-order valence-corrected chi connectivity index (χ3v) is 2.86. The van der Waals surface area contributed by atoms with Crippen molar-refractivity contribution in [1.82, 2.24) is 0 Å². The fourth-order valence-corrected chi connectivity index (χ4v) is 2.11. The number of hydrogen-bond donors (Lipinski definition) is 1. The van der Waals surface area contributed by atoms with E-state index in [2.05, 4.69) is 0 Å². The Labute approximate surface area is 89.6 Å². The number of hydrogen-bond acceptors (Lipinski definition) is 4. The van der Waals surface area contributed by atoms with Gasteiger partial charge in [0, 0.05) is 18.9 Å². The molecule has 2 unspecified atom stereocenters. The smallest absolute Gasteiger partial charge is 0.309 e. The molecule has 86 valence electrons. The predicted molar refractivity (Wildman–Crippen MR) is 54.2 cm³/mol. The Morgan fingerprint density at radius 1 is 1.60 bits per heavy atom. The molecule has 0 amide bonds. The zero-order valence-corrected chi connectivity index (χ0v) is 9.07. The van der Waals surface area contributed by atoms with E-state index in [1.807, 2.05) is 0 Å². The van der Waals surface area contributed by atoms with E-state index < -0.39 is 0 Å². The molecule has 4 heteroatoms. The second-order valence-corrected chi connectivity index (χ2v) is 3.84. The maximum atomic E-state index is 11.5. The van der Waals surface area contributed by atoms with Crippen LogP contribution in [0.2, 0.25) is 0 Å². The molecule has 0 saturated heterocycles. The van der Waals surface area contributed by atoms with Gasteiger partial charge < -0.3 is 9.84 Å². The minimum atomic E-state index is -0.274. The van der Waals surface area contributed by atoms with Crippen molar-refractivity contribution in [3.8, 4) is 0 Å². The molecule has 1 N–H and O–H groups in total. The van der Waals surface area contributed by atoms with Gasteiger partial charge in [-0.15, -0.1) is 0 Å². The van der Waals surface area contributed by atoms with E-state index in [-0.39, 0.29) is 30.2 Å². The lowest BCUT2D eigenvalue weighted by Gasteiger charge is -2.16. The molecule has 4 nitrogen and oxygen atoms in total. The molecular formula is C11H18O4. The summed E-state index contributed by atoms with van der Waals surface area (Å²) in [5, 5.41) is 8.71. The highest BCUT2D eigenvalue weighted by Crippen LogP contribution is 2.32. The molecule has 0 aromatic carbocycles. The quantitative estimate of drug-likeness (QED) is 0.691. The fourth-order valence-electron chi connectivity index (χ4n) is 2.11. The lowest BCUT2D eigenvalue weighted by Crippen LogP contribution is -2.24. The number of carbonyl (C=O) groups excluding carboxylic acids is 2. The lowest BCUT2D eigenvalue weighted by atomic mass is 9.91. The minimum Gasteiger partial charge on any atom is -0.466 e. The van der Waals surface area contributed by atoms with Gasteiger partial charge in [0.1, 0.15) is 5.78 Å². The van der Waals surface area contributed by atoms with Crippen LogP contribution in [0.3, 0.4) is 0 Å². The molecule has 1 fully saturated rings. The molecular weight excluding hydrogens is 196 g/mol. The van der Waals surface area contributed by atoms with Crippen LogP contribution in [0.15, 0.2) is 0 Å². The summed E-state index contributed by atoms with van der Waals surface area (Å²) < 4.78 is 4.93. The summed E-state index contributed by atoms with van der Waals surface area (Å²) in [4.78, 5) is 23.0. The van der Waals surface area contributed by atoms with Gasteiger partial charge in [0.05, 0.1) is 12.5 Å². The molecule has 1 saturated carbocycles. The predicted octanol–water partition coefficient (Wildman–Crippen LogP) is 0.917. The van der Waals surface area contributed by atoms with Crippen molar-refractivity contribution in [3.63, 3.8) is 0 Å². The maximum absolute atomic E-state index is 11.5. The van der Waals surface area contributed by atoms with Crippen molar-refractivity contribution >= 4 is 11.8 Å². The van der Waals surface area contributed by atoms with Gasteiger partial charge in [0.25, 0.3) is 0 Å². The third-order valence-electron chi connectivity index (χ3n) is 2.86. The summed E-state index contributed by atoms with van der Waals surface area (Å²) in [6.07, 6.45) is 2.25. The topological polar surface area (TPSA) is 63.6 Å². The molecule has 1 rings (SSSR count). The number of Topliss-reactive ketones (excluding diaryl/α,β-unsaturated/α-hetero) is 1. The van der Waals surface area contributed by atoms with E-state index in [1.54, 1.807) is 6.92 Å². The average Bonchev–Trinajstić information content (AvgIpc) is 2.57. The molecule has 0 aromatic heterocycles. The van der Waals surface area contributed by atoms with Crippen LogP contribution >= 0.6 is 0 Å². The summed E-state index contributed by atoms with van der Waals surface area (Å²) >= 11 is 0. The Morgan fingerprint density at radius 3 is 2.93 bits per heavy atom. The van der Waals surface area contributed by atoms with Gasteiger partial charge in [-0.25, -0.2) is 0 Å². The molecule has 0 aliphatic heterocycles. The van der Waals surface area contributed by atoms with Crippen LogP contribution in [-0.2, 0) is 14.3 Å². The van der Waals surface area contributed by atoms with Crippen LogP contribution in [0.5, 0.6) is 0 Å². The summed E-state index contributed by atoms with van der Waals surface area (Å²) in [6.45, 7) is 2.19. The third kappa shape index (κ3) is 3.02. The largest absolute Gasteiger partial charge is 0.466 e. The maximum Gasteiger partial charge on any atom is 0.309 e. The molecule has 1 aliphatic rings. The first kappa shape index (κ1) is 12.2. The monoisotopic (exact) mass is 214 g/mol. The molecule has 2 atom stereocenters. The first-order valence-electron chi connectivity index (χ1n) is 5.51. The normalized spacial score (nSPS) is 25.6. The zero-order valence-electron chi connectivity index (χ0n) is 9.07. The van der Waals surface area contributed by atoms with E-state index in [9.17, 15) is 9.59 Å². The highest BCUT2D eigenvalue weighted by molar-refractivity contribution is 5.90. The van der Waals surface area contributed by atoms with Gasteiger partial charge in [-0.2, -0.15) is 0 Å². The Morgan fingerprint density at radius 2 is 2.33 bits per heavy atom. The van der Waals surface area contributed by atoms with E-state index in [4.69, 9.17) is 9.84 Å². The second-order valence-electron chi connectivity index (χ2n) is 3.84. The van der Waals surface area contributed by atoms with Crippen molar-refractivity contribution in [2.45, 2.75) is 32.6 Å². The number of aliphatic hydroxyl groups is 1. The molecule has 1 aliphatic carbocycles. The Hall–Kier alpha value is -0.900. The van der Waals surface area contributed by atoms with Gasteiger partial charge in [-0.3, -0.25) is 9.59 Å². The van der Waals surface area contributed by atoms with Gasteiger partial charge in [0.15, 0.2) is 0 Å². The van der Waals surface area contributed by atoms with Crippen LogP contribution < -0.4 is 0 Å². The van der Waals surface area contributed by atoms with Gasteiger partial charge in [-0.1, -0.05) is 0 Å². The van der Waals surface area contributed by atoms with Gasteiger partial charge in [0.2, 0.25) is 0 Å². The van der Waals surface area contributed by atoms with Crippen LogP contribution in [0, 0.1) is 11.8 Å². The highest BCUT2D eigenvalue weighted by atomic mass is 16.5.